The van der Waals surface area contributed by atoms with Crippen molar-refractivity contribution >= 4 is 34.0 Å². The fourth-order valence-electron chi connectivity index (χ4n) is 2.38. The maximum atomic E-state index is 12.5. The van der Waals surface area contributed by atoms with E-state index in [0.29, 0.717) is 17.6 Å². The van der Waals surface area contributed by atoms with Crippen molar-refractivity contribution < 1.29 is 14.3 Å². The van der Waals surface area contributed by atoms with E-state index in [-0.39, 0.29) is 11.6 Å². The van der Waals surface area contributed by atoms with Gasteiger partial charge in [0.2, 0.25) is 0 Å². The number of nitrogens with zero attached hydrogens (tertiary/aromatic N) is 1. The predicted molar refractivity (Wildman–Crippen MR) is 109 cm³/mol. The van der Waals surface area contributed by atoms with E-state index in [9.17, 15) is 9.59 Å². The predicted octanol–water partition coefficient (Wildman–Crippen LogP) is 4.44. The number of anilines is 2. The van der Waals surface area contributed by atoms with Crippen LogP contribution < -0.4 is 10.6 Å². The highest BCUT2D eigenvalue weighted by molar-refractivity contribution is 7.13. The number of nitrogens with one attached hydrogen (secondary N) is 2. The number of ether oxygens (including phenoxy) is 1. The van der Waals surface area contributed by atoms with Crippen molar-refractivity contribution in [1.29, 1.82) is 0 Å². The minimum Gasteiger partial charge on any atom is -0.448 e. The molecule has 7 heteroatoms. The van der Waals surface area contributed by atoms with Gasteiger partial charge < -0.3 is 15.4 Å². The monoisotopic (exact) mass is 387 g/mol. The second-order valence-corrected chi connectivity index (χ2v) is 7.00. The zero-order chi connectivity index (χ0) is 19.8. The fraction of sp³-hybridized carbons (Fsp3) is 0.350. The number of hydrogen-bond donors (Lipinski definition) is 2. The van der Waals surface area contributed by atoms with Crippen molar-refractivity contribution in [3.8, 4) is 0 Å². The van der Waals surface area contributed by atoms with Gasteiger partial charge in [0, 0.05) is 17.6 Å². The maximum Gasteiger partial charge on any atom is 0.358 e. The van der Waals surface area contributed by atoms with Crippen molar-refractivity contribution in [3.05, 3.63) is 53.6 Å². The summed E-state index contributed by atoms with van der Waals surface area (Å²) >= 11 is 1.29. The Morgan fingerprint density at radius 3 is 2.78 bits per heavy atom. The summed E-state index contributed by atoms with van der Waals surface area (Å²) < 4.78 is 5.26. The number of carbonyl (C=O) groups is 2. The summed E-state index contributed by atoms with van der Waals surface area (Å²) in [5.41, 5.74) is 1.97. The smallest absolute Gasteiger partial charge is 0.358 e. The molecule has 0 unspecified atom stereocenters. The Kier molecular flexibility index (Phi) is 7.55. The van der Waals surface area contributed by atoms with Crippen molar-refractivity contribution in [3.63, 3.8) is 0 Å². The molecule has 144 valence electrons. The molecule has 0 saturated heterocycles. The first-order valence-electron chi connectivity index (χ1n) is 8.87. The molecular formula is C20H25N3O3S. The van der Waals surface area contributed by atoms with Crippen LogP contribution in [0, 0.1) is 0 Å². The highest BCUT2D eigenvalue weighted by Crippen LogP contribution is 2.26. The van der Waals surface area contributed by atoms with Gasteiger partial charge in [0.05, 0.1) is 0 Å². The van der Waals surface area contributed by atoms with Crippen LogP contribution in [0.25, 0.3) is 0 Å². The molecule has 1 aromatic heterocycles. The molecule has 0 aliphatic carbocycles. The standard InChI is InChI=1S/C20H25N3O3S/c1-5-11-21-20-23-17(12-27-20)19(25)26-14(4)18(24)22-16-10-8-7-9-15(16)13(3)6-2/h5,7-10,12-14H,1,6,11H2,2-4H3,(H,21,23)(H,22,24)/t13-,14+/m1/s1. The van der Waals surface area contributed by atoms with Gasteiger partial charge in [-0.25, -0.2) is 9.78 Å². The fourth-order valence-corrected chi connectivity index (χ4v) is 3.07. The zero-order valence-corrected chi connectivity index (χ0v) is 16.6. The van der Waals surface area contributed by atoms with Gasteiger partial charge in [-0.2, -0.15) is 0 Å². The van der Waals surface area contributed by atoms with E-state index in [4.69, 9.17) is 4.74 Å². The lowest BCUT2D eigenvalue weighted by atomic mass is 9.97. The molecule has 27 heavy (non-hydrogen) atoms. The van der Waals surface area contributed by atoms with Crippen molar-refractivity contribution in [1.82, 2.24) is 4.98 Å². The number of esters is 1. The molecule has 0 spiro atoms. The Balaban J connectivity index is 1.98. The van der Waals surface area contributed by atoms with E-state index in [2.05, 4.69) is 36.0 Å². The number of amides is 1. The Hall–Kier alpha value is -2.67. The van der Waals surface area contributed by atoms with E-state index in [1.807, 2.05) is 24.3 Å². The van der Waals surface area contributed by atoms with E-state index >= 15 is 0 Å². The molecular weight excluding hydrogens is 362 g/mol. The van der Waals surface area contributed by atoms with Gasteiger partial charge in [-0.3, -0.25) is 4.79 Å². The minimum atomic E-state index is -0.936. The van der Waals surface area contributed by atoms with E-state index in [1.165, 1.54) is 11.3 Å². The number of benzene rings is 1. The van der Waals surface area contributed by atoms with Crippen LogP contribution >= 0.6 is 11.3 Å². The maximum absolute atomic E-state index is 12.5. The molecule has 2 aromatic rings. The number of hydrogen-bond acceptors (Lipinski definition) is 6. The van der Waals surface area contributed by atoms with Gasteiger partial charge in [0.15, 0.2) is 16.9 Å². The molecule has 0 saturated carbocycles. The summed E-state index contributed by atoms with van der Waals surface area (Å²) in [6.45, 7) is 9.91. The first-order chi connectivity index (χ1) is 13.0. The number of rotatable bonds is 9. The van der Waals surface area contributed by atoms with Gasteiger partial charge in [-0.15, -0.1) is 17.9 Å². The molecule has 1 heterocycles. The molecule has 6 nitrogen and oxygen atoms in total. The second kappa shape index (κ2) is 9.87. The molecule has 2 rings (SSSR count). The van der Waals surface area contributed by atoms with Gasteiger partial charge in [0.1, 0.15) is 0 Å². The van der Waals surface area contributed by atoms with Crippen LogP contribution in [0.4, 0.5) is 10.8 Å². The summed E-state index contributed by atoms with van der Waals surface area (Å²) in [6.07, 6.45) is 1.72. The van der Waals surface area contributed by atoms with E-state index in [0.717, 1.165) is 17.7 Å². The first-order valence-corrected chi connectivity index (χ1v) is 9.75. The third-order valence-corrected chi connectivity index (χ3v) is 4.93. The zero-order valence-electron chi connectivity index (χ0n) is 15.8. The SMILES string of the molecule is C=CCNc1nc(C(=O)O[C@@H](C)C(=O)Nc2ccccc2[C@H](C)CC)cs1. The third kappa shape index (κ3) is 5.65. The molecule has 0 radical (unpaired) electrons. The average molecular weight is 388 g/mol. The normalized spacial score (nSPS) is 12.7. The molecule has 1 aromatic carbocycles. The Labute approximate surface area is 163 Å². The molecule has 0 aliphatic rings. The highest BCUT2D eigenvalue weighted by atomic mass is 32.1. The number of thiazole rings is 1. The quantitative estimate of drug-likeness (QED) is 0.491. The second-order valence-electron chi connectivity index (χ2n) is 6.14. The topological polar surface area (TPSA) is 80.3 Å². The molecule has 2 atom stereocenters. The average Bonchev–Trinajstić information content (AvgIpc) is 3.15. The first kappa shape index (κ1) is 20.6. The van der Waals surface area contributed by atoms with Crippen LogP contribution in [-0.2, 0) is 9.53 Å². The van der Waals surface area contributed by atoms with Gasteiger partial charge in [0.25, 0.3) is 5.91 Å². The lowest BCUT2D eigenvalue weighted by Crippen LogP contribution is -2.30. The van der Waals surface area contributed by atoms with Crippen LogP contribution in [0.5, 0.6) is 0 Å². The van der Waals surface area contributed by atoms with E-state index in [1.54, 1.807) is 18.4 Å². The Morgan fingerprint density at radius 2 is 2.07 bits per heavy atom. The van der Waals surface area contributed by atoms with Crippen molar-refractivity contribution in [2.24, 2.45) is 0 Å². The summed E-state index contributed by atoms with van der Waals surface area (Å²) in [7, 11) is 0. The summed E-state index contributed by atoms with van der Waals surface area (Å²) in [5.74, 6) is -0.689. The Bertz CT molecular complexity index is 803. The minimum absolute atomic E-state index is 0.172. The molecule has 0 bridgehead atoms. The number of aromatic nitrogens is 1. The van der Waals surface area contributed by atoms with Crippen LogP contribution in [0.1, 0.15) is 49.2 Å². The van der Waals surface area contributed by atoms with Gasteiger partial charge in [-0.05, 0) is 30.9 Å². The van der Waals surface area contributed by atoms with Crippen LogP contribution in [0.15, 0.2) is 42.3 Å². The van der Waals surface area contributed by atoms with Gasteiger partial charge >= 0.3 is 5.97 Å². The van der Waals surface area contributed by atoms with E-state index < -0.39 is 12.1 Å². The third-order valence-electron chi connectivity index (χ3n) is 4.13. The summed E-state index contributed by atoms with van der Waals surface area (Å²) in [5, 5.41) is 8.05. The van der Waals surface area contributed by atoms with Crippen LogP contribution in [0.2, 0.25) is 0 Å². The molecule has 2 N–H and O–H groups in total. The van der Waals surface area contributed by atoms with Crippen molar-refractivity contribution in [2.45, 2.75) is 39.2 Å². The van der Waals surface area contributed by atoms with Gasteiger partial charge in [-0.1, -0.05) is 38.1 Å². The van der Waals surface area contributed by atoms with Crippen LogP contribution in [-0.4, -0.2) is 29.5 Å². The highest BCUT2D eigenvalue weighted by Gasteiger charge is 2.22. The molecule has 1 amide bonds. The lowest BCUT2D eigenvalue weighted by molar-refractivity contribution is -0.123. The van der Waals surface area contributed by atoms with Crippen LogP contribution in [0.3, 0.4) is 0 Å². The molecule has 0 fully saturated rings. The molecule has 0 aliphatic heterocycles. The number of para-hydroxylation sites is 1. The largest absolute Gasteiger partial charge is 0.448 e. The lowest BCUT2D eigenvalue weighted by Gasteiger charge is -2.18. The summed E-state index contributed by atoms with van der Waals surface area (Å²) in [4.78, 5) is 28.8. The Morgan fingerprint density at radius 1 is 1.33 bits per heavy atom. The van der Waals surface area contributed by atoms with Crippen molar-refractivity contribution in [2.75, 3.05) is 17.2 Å². The summed E-state index contributed by atoms with van der Waals surface area (Å²) in [6, 6.07) is 7.66. The number of carbonyl (C=O) groups excluding carboxylic acids is 2.